The smallest absolute Gasteiger partial charge is 0.320 e. The second-order valence-corrected chi connectivity index (χ2v) is 5.13. The summed E-state index contributed by atoms with van der Waals surface area (Å²) in [5, 5.41) is 8.89. The summed E-state index contributed by atoms with van der Waals surface area (Å²) in [6.07, 6.45) is 1.54. The van der Waals surface area contributed by atoms with Crippen LogP contribution in [-0.4, -0.2) is 71.8 Å². The van der Waals surface area contributed by atoms with Gasteiger partial charge in [0.1, 0.15) is 0 Å². The number of urea groups is 1. The molecule has 2 amide bonds. The SMILES string of the molecule is NC1CCN(C(=O)N2CCOCC2CC(=O)O)CC1. The monoisotopic (exact) mass is 271 g/mol. The standard InChI is InChI=1S/C12H21N3O4/c13-9-1-3-14(4-2-9)12(18)15-5-6-19-8-10(15)7-11(16)17/h9-10H,1-8,13H2,(H,16,17). The predicted molar refractivity (Wildman–Crippen MR) is 67.7 cm³/mol. The molecule has 2 rings (SSSR count). The van der Waals surface area contributed by atoms with E-state index in [0.29, 0.717) is 32.8 Å². The van der Waals surface area contributed by atoms with E-state index in [1.54, 1.807) is 9.80 Å². The number of aliphatic carboxylic acids is 1. The number of carbonyl (C=O) groups is 2. The van der Waals surface area contributed by atoms with Crippen LogP contribution in [0.2, 0.25) is 0 Å². The van der Waals surface area contributed by atoms with Crippen molar-refractivity contribution in [3.05, 3.63) is 0 Å². The summed E-state index contributed by atoms with van der Waals surface area (Å²) in [5.41, 5.74) is 5.82. The number of carboxylic acids is 1. The van der Waals surface area contributed by atoms with Gasteiger partial charge in [-0.15, -0.1) is 0 Å². The van der Waals surface area contributed by atoms with E-state index in [1.165, 1.54) is 0 Å². The second kappa shape index (κ2) is 6.21. The van der Waals surface area contributed by atoms with Crippen molar-refractivity contribution in [2.75, 3.05) is 32.8 Å². The maximum atomic E-state index is 12.4. The van der Waals surface area contributed by atoms with Crippen LogP contribution in [0.5, 0.6) is 0 Å². The molecule has 0 radical (unpaired) electrons. The lowest BCUT2D eigenvalue weighted by atomic mass is 10.1. The van der Waals surface area contributed by atoms with Crippen molar-refractivity contribution in [1.82, 2.24) is 9.80 Å². The Morgan fingerprint density at radius 2 is 1.95 bits per heavy atom. The zero-order chi connectivity index (χ0) is 13.8. The first-order chi connectivity index (χ1) is 9.08. The first-order valence-corrected chi connectivity index (χ1v) is 6.68. The molecule has 0 aromatic rings. The molecule has 2 fully saturated rings. The van der Waals surface area contributed by atoms with Crippen LogP contribution in [0.1, 0.15) is 19.3 Å². The highest BCUT2D eigenvalue weighted by Crippen LogP contribution is 2.16. The highest BCUT2D eigenvalue weighted by molar-refractivity contribution is 5.76. The van der Waals surface area contributed by atoms with E-state index in [-0.39, 0.29) is 24.5 Å². The molecule has 0 aliphatic carbocycles. The molecule has 0 aromatic carbocycles. The molecule has 0 spiro atoms. The molecular formula is C12H21N3O4. The Morgan fingerprint density at radius 1 is 1.26 bits per heavy atom. The van der Waals surface area contributed by atoms with Gasteiger partial charge in [-0.25, -0.2) is 4.79 Å². The Hall–Kier alpha value is -1.34. The Morgan fingerprint density at radius 3 is 2.58 bits per heavy atom. The number of carboxylic acid groups (broad SMARTS) is 1. The third-order valence-electron chi connectivity index (χ3n) is 3.69. The quantitative estimate of drug-likeness (QED) is 0.719. The minimum Gasteiger partial charge on any atom is -0.481 e. The van der Waals surface area contributed by atoms with Crippen LogP contribution in [-0.2, 0) is 9.53 Å². The number of rotatable bonds is 2. The summed E-state index contributed by atoms with van der Waals surface area (Å²) < 4.78 is 5.27. The number of carbonyl (C=O) groups excluding carboxylic acids is 1. The fourth-order valence-electron chi connectivity index (χ4n) is 2.55. The third-order valence-corrected chi connectivity index (χ3v) is 3.69. The van der Waals surface area contributed by atoms with Gasteiger partial charge in [0.15, 0.2) is 0 Å². The molecule has 2 aliphatic rings. The van der Waals surface area contributed by atoms with E-state index >= 15 is 0 Å². The zero-order valence-corrected chi connectivity index (χ0v) is 11.0. The number of hydrogen-bond acceptors (Lipinski definition) is 4. The van der Waals surface area contributed by atoms with Gasteiger partial charge in [-0.2, -0.15) is 0 Å². The van der Waals surface area contributed by atoms with Gasteiger partial charge in [-0.1, -0.05) is 0 Å². The molecule has 2 heterocycles. The summed E-state index contributed by atoms with van der Waals surface area (Å²) >= 11 is 0. The topological polar surface area (TPSA) is 96.1 Å². The number of amides is 2. The van der Waals surface area contributed by atoms with Crippen LogP contribution in [0, 0.1) is 0 Å². The van der Waals surface area contributed by atoms with Crippen molar-refractivity contribution in [3.8, 4) is 0 Å². The highest BCUT2D eigenvalue weighted by atomic mass is 16.5. The summed E-state index contributed by atoms with van der Waals surface area (Å²) in [7, 11) is 0. The minimum atomic E-state index is -0.908. The zero-order valence-electron chi connectivity index (χ0n) is 11.0. The predicted octanol–water partition coefficient (Wildman–Crippen LogP) is -0.295. The largest absolute Gasteiger partial charge is 0.481 e. The van der Waals surface area contributed by atoms with Gasteiger partial charge in [0.05, 0.1) is 25.7 Å². The van der Waals surface area contributed by atoms with Gasteiger partial charge in [-0.05, 0) is 12.8 Å². The lowest BCUT2D eigenvalue weighted by molar-refractivity contribution is -0.139. The van der Waals surface area contributed by atoms with Crippen molar-refractivity contribution >= 4 is 12.0 Å². The van der Waals surface area contributed by atoms with Crippen LogP contribution in [0.3, 0.4) is 0 Å². The van der Waals surface area contributed by atoms with Crippen molar-refractivity contribution in [2.45, 2.75) is 31.3 Å². The molecule has 7 heteroatoms. The fraction of sp³-hybridized carbons (Fsp3) is 0.833. The van der Waals surface area contributed by atoms with Gasteiger partial charge in [0.25, 0.3) is 0 Å². The van der Waals surface area contributed by atoms with Crippen LogP contribution in [0.25, 0.3) is 0 Å². The van der Waals surface area contributed by atoms with E-state index in [1.807, 2.05) is 0 Å². The van der Waals surface area contributed by atoms with Crippen LogP contribution >= 0.6 is 0 Å². The Bertz CT molecular complexity index is 342. The van der Waals surface area contributed by atoms with Gasteiger partial charge < -0.3 is 25.4 Å². The van der Waals surface area contributed by atoms with Crippen molar-refractivity contribution in [3.63, 3.8) is 0 Å². The summed E-state index contributed by atoms with van der Waals surface area (Å²) in [6, 6.07) is -0.278. The molecule has 7 nitrogen and oxygen atoms in total. The molecule has 3 N–H and O–H groups in total. The molecule has 1 unspecified atom stereocenters. The average molecular weight is 271 g/mol. The third kappa shape index (κ3) is 3.57. The van der Waals surface area contributed by atoms with Gasteiger partial charge in [0.2, 0.25) is 0 Å². The lowest BCUT2D eigenvalue weighted by Crippen LogP contribution is -2.56. The number of nitrogens with two attached hydrogens (primary N) is 1. The summed E-state index contributed by atoms with van der Waals surface area (Å²) in [5.74, 6) is -0.908. The van der Waals surface area contributed by atoms with Crippen LogP contribution in [0.4, 0.5) is 4.79 Å². The second-order valence-electron chi connectivity index (χ2n) is 5.13. The molecular weight excluding hydrogens is 250 g/mol. The first kappa shape index (κ1) is 14.1. The van der Waals surface area contributed by atoms with E-state index in [9.17, 15) is 9.59 Å². The average Bonchev–Trinajstić information content (AvgIpc) is 2.39. The maximum Gasteiger partial charge on any atom is 0.320 e. The molecule has 108 valence electrons. The van der Waals surface area contributed by atoms with Gasteiger partial charge in [0, 0.05) is 25.7 Å². The molecule has 19 heavy (non-hydrogen) atoms. The molecule has 2 aliphatic heterocycles. The minimum absolute atomic E-state index is 0.0703. The number of ether oxygens (including phenoxy) is 1. The van der Waals surface area contributed by atoms with Crippen molar-refractivity contribution < 1.29 is 19.4 Å². The highest BCUT2D eigenvalue weighted by Gasteiger charge is 2.33. The number of morpholine rings is 1. The number of nitrogens with zero attached hydrogens (tertiary/aromatic N) is 2. The summed E-state index contributed by atoms with van der Waals surface area (Å²) in [4.78, 5) is 26.6. The fourth-order valence-corrected chi connectivity index (χ4v) is 2.55. The first-order valence-electron chi connectivity index (χ1n) is 6.68. The molecule has 2 saturated heterocycles. The Balaban J connectivity index is 1.96. The molecule has 0 saturated carbocycles. The Kier molecular flexibility index (Phi) is 4.60. The van der Waals surface area contributed by atoms with Gasteiger partial charge in [-0.3, -0.25) is 4.79 Å². The van der Waals surface area contributed by atoms with E-state index in [0.717, 1.165) is 12.8 Å². The van der Waals surface area contributed by atoms with Gasteiger partial charge >= 0.3 is 12.0 Å². The number of hydrogen-bond donors (Lipinski definition) is 2. The molecule has 0 bridgehead atoms. The summed E-state index contributed by atoms with van der Waals surface area (Å²) in [6.45, 7) is 2.52. The van der Waals surface area contributed by atoms with Crippen molar-refractivity contribution in [2.24, 2.45) is 5.73 Å². The number of piperidine rings is 1. The normalized spacial score (nSPS) is 25.4. The molecule has 0 aromatic heterocycles. The van der Waals surface area contributed by atoms with E-state index in [4.69, 9.17) is 15.6 Å². The van der Waals surface area contributed by atoms with Crippen LogP contribution in [0.15, 0.2) is 0 Å². The molecule has 1 atom stereocenters. The maximum absolute atomic E-state index is 12.4. The van der Waals surface area contributed by atoms with Crippen LogP contribution < -0.4 is 5.73 Å². The van der Waals surface area contributed by atoms with Crippen molar-refractivity contribution in [1.29, 1.82) is 0 Å². The Labute approximate surface area is 112 Å². The number of likely N-dealkylation sites (tertiary alicyclic amines) is 1. The lowest BCUT2D eigenvalue weighted by Gasteiger charge is -2.40. The van der Waals surface area contributed by atoms with E-state index < -0.39 is 5.97 Å². The van der Waals surface area contributed by atoms with E-state index in [2.05, 4.69) is 0 Å².